The number of aliphatic hydroxyl groups is 1. The van der Waals surface area contributed by atoms with E-state index in [4.69, 9.17) is 5.41 Å². The molecule has 1 aliphatic rings. The van der Waals surface area contributed by atoms with Gasteiger partial charge >= 0.3 is 0 Å². The molecule has 0 unspecified atom stereocenters. The van der Waals surface area contributed by atoms with Crippen LogP contribution in [0.15, 0.2) is 11.3 Å². The van der Waals surface area contributed by atoms with Gasteiger partial charge in [-0.2, -0.15) is 0 Å². The zero-order valence-corrected chi connectivity index (χ0v) is 7.89. The number of hydrogen-bond acceptors (Lipinski definition) is 3. The highest BCUT2D eigenvalue weighted by Crippen LogP contribution is 2.21. The fourth-order valence-electron chi connectivity index (χ4n) is 1.54. The number of carbonyl (C=O) groups excluding carboxylic acids is 1. The van der Waals surface area contributed by atoms with E-state index in [0.29, 0.717) is 25.0 Å². The van der Waals surface area contributed by atoms with E-state index in [-0.39, 0.29) is 17.1 Å². The molecule has 3 nitrogen and oxygen atoms in total. The highest BCUT2D eigenvalue weighted by atomic mass is 16.3. The number of nitrogens with one attached hydrogen (secondary N) is 1. The topological polar surface area (TPSA) is 61.1 Å². The van der Waals surface area contributed by atoms with E-state index in [9.17, 15) is 9.90 Å². The molecule has 0 aliphatic heterocycles. The first-order valence-corrected chi connectivity index (χ1v) is 4.70. The zero-order chi connectivity index (χ0) is 9.84. The molecule has 13 heavy (non-hydrogen) atoms. The van der Waals surface area contributed by atoms with Crippen molar-refractivity contribution in [2.45, 2.75) is 39.0 Å². The van der Waals surface area contributed by atoms with Gasteiger partial charge in [-0.1, -0.05) is 6.92 Å². The second-order valence-corrected chi connectivity index (χ2v) is 3.33. The van der Waals surface area contributed by atoms with Gasteiger partial charge in [-0.3, -0.25) is 4.79 Å². The second kappa shape index (κ2) is 4.21. The maximum absolute atomic E-state index is 11.4. The van der Waals surface area contributed by atoms with Crippen molar-refractivity contribution >= 4 is 11.5 Å². The van der Waals surface area contributed by atoms with Gasteiger partial charge in [0.15, 0.2) is 5.78 Å². The lowest BCUT2D eigenvalue weighted by Gasteiger charge is -2.15. The van der Waals surface area contributed by atoms with Crippen LogP contribution < -0.4 is 0 Å². The van der Waals surface area contributed by atoms with Gasteiger partial charge in [0.25, 0.3) is 0 Å². The summed E-state index contributed by atoms with van der Waals surface area (Å²) in [6.45, 7) is 1.94. The molecular weight excluding hydrogens is 166 g/mol. The van der Waals surface area contributed by atoms with Crippen molar-refractivity contribution in [2.75, 3.05) is 0 Å². The molecule has 0 heterocycles. The maximum atomic E-state index is 11.4. The fourth-order valence-corrected chi connectivity index (χ4v) is 1.54. The lowest BCUT2D eigenvalue weighted by molar-refractivity contribution is -0.115. The Hall–Kier alpha value is -1.12. The third-order valence-corrected chi connectivity index (χ3v) is 2.19. The molecule has 0 radical (unpaired) electrons. The summed E-state index contributed by atoms with van der Waals surface area (Å²) in [6, 6.07) is 0. The predicted molar refractivity (Wildman–Crippen MR) is 51.1 cm³/mol. The first-order valence-electron chi connectivity index (χ1n) is 4.70. The predicted octanol–water partition coefficient (Wildman–Crippen LogP) is 2.37. The van der Waals surface area contributed by atoms with Crippen molar-refractivity contribution in [2.24, 2.45) is 0 Å². The molecule has 1 aliphatic carbocycles. The Morgan fingerprint density at radius 1 is 1.54 bits per heavy atom. The summed E-state index contributed by atoms with van der Waals surface area (Å²) in [4.78, 5) is 11.4. The van der Waals surface area contributed by atoms with Crippen LogP contribution in [0.25, 0.3) is 0 Å². The van der Waals surface area contributed by atoms with E-state index in [0.717, 1.165) is 12.8 Å². The summed E-state index contributed by atoms with van der Waals surface area (Å²) >= 11 is 0. The van der Waals surface area contributed by atoms with E-state index in [2.05, 4.69) is 0 Å². The van der Waals surface area contributed by atoms with Gasteiger partial charge in [-0.25, -0.2) is 0 Å². The van der Waals surface area contributed by atoms with Crippen molar-refractivity contribution in [3.63, 3.8) is 0 Å². The van der Waals surface area contributed by atoms with E-state index >= 15 is 0 Å². The van der Waals surface area contributed by atoms with E-state index < -0.39 is 0 Å². The highest BCUT2D eigenvalue weighted by molar-refractivity contribution is 6.23. The molecule has 72 valence electrons. The molecule has 3 heteroatoms. The van der Waals surface area contributed by atoms with Gasteiger partial charge in [-0.15, -0.1) is 0 Å². The Kier molecular flexibility index (Phi) is 3.23. The van der Waals surface area contributed by atoms with Crippen molar-refractivity contribution in [1.29, 1.82) is 5.41 Å². The minimum atomic E-state index is -0.0674. The number of rotatable bonds is 2. The molecular formula is C10H15NO2. The molecule has 2 N–H and O–H groups in total. The first kappa shape index (κ1) is 9.96. The van der Waals surface area contributed by atoms with Crippen LogP contribution in [0.4, 0.5) is 0 Å². The largest absolute Gasteiger partial charge is 0.511 e. The normalized spacial score (nSPS) is 21.9. The number of allylic oxidation sites excluding steroid dienone is 2. The third kappa shape index (κ3) is 2.17. The minimum Gasteiger partial charge on any atom is -0.511 e. The molecule has 0 bridgehead atoms. The zero-order valence-electron chi connectivity index (χ0n) is 7.89. The van der Waals surface area contributed by atoms with Gasteiger partial charge in [0.1, 0.15) is 5.76 Å². The highest BCUT2D eigenvalue weighted by Gasteiger charge is 2.23. The fraction of sp³-hybridized carbons (Fsp3) is 0.600. The molecule has 0 amide bonds. The quantitative estimate of drug-likeness (QED) is 0.507. The molecule has 1 rings (SSSR count). The Labute approximate surface area is 78.0 Å². The van der Waals surface area contributed by atoms with Gasteiger partial charge in [0, 0.05) is 18.6 Å². The lowest BCUT2D eigenvalue weighted by atomic mass is 9.90. The Morgan fingerprint density at radius 2 is 2.23 bits per heavy atom. The Morgan fingerprint density at radius 3 is 2.77 bits per heavy atom. The van der Waals surface area contributed by atoms with Gasteiger partial charge in [-0.05, 0) is 19.3 Å². The summed E-state index contributed by atoms with van der Waals surface area (Å²) < 4.78 is 0. The van der Waals surface area contributed by atoms with Gasteiger partial charge in [0.05, 0.1) is 5.57 Å². The smallest absolute Gasteiger partial charge is 0.168 e. The number of carbonyl (C=O) groups is 1. The SMILES string of the molecule is CCC/C(O)=C1/C(=N)CCCC1=O. The molecule has 1 fully saturated rings. The van der Waals surface area contributed by atoms with Crippen molar-refractivity contribution in [1.82, 2.24) is 0 Å². The summed E-state index contributed by atoms with van der Waals surface area (Å²) in [5.74, 6) is 0.0411. The summed E-state index contributed by atoms with van der Waals surface area (Å²) in [5.41, 5.74) is 0.593. The van der Waals surface area contributed by atoms with Crippen LogP contribution in [0.2, 0.25) is 0 Å². The van der Waals surface area contributed by atoms with Crippen LogP contribution in [-0.2, 0) is 4.79 Å². The van der Waals surface area contributed by atoms with Crippen LogP contribution in [0, 0.1) is 5.41 Å². The molecule has 0 aromatic heterocycles. The van der Waals surface area contributed by atoms with E-state index in [1.165, 1.54) is 0 Å². The molecule has 0 aromatic rings. The van der Waals surface area contributed by atoms with Crippen LogP contribution >= 0.6 is 0 Å². The van der Waals surface area contributed by atoms with Crippen LogP contribution in [0.1, 0.15) is 39.0 Å². The van der Waals surface area contributed by atoms with E-state index in [1.807, 2.05) is 6.92 Å². The third-order valence-electron chi connectivity index (χ3n) is 2.19. The molecule has 0 spiro atoms. The monoisotopic (exact) mass is 181 g/mol. The Bertz CT molecular complexity index is 248. The van der Waals surface area contributed by atoms with Gasteiger partial charge < -0.3 is 10.5 Å². The maximum Gasteiger partial charge on any atom is 0.168 e. The van der Waals surface area contributed by atoms with Crippen molar-refractivity contribution < 1.29 is 9.90 Å². The Balaban J connectivity index is 2.90. The van der Waals surface area contributed by atoms with Crippen LogP contribution in [0.5, 0.6) is 0 Å². The van der Waals surface area contributed by atoms with Crippen molar-refractivity contribution in [3.05, 3.63) is 11.3 Å². The average Bonchev–Trinajstić information content (AvgIpc) is 2.04. The number of ketones is 1. The molecule has 0 aromatic carbocycles. The van der Waals surface area contributed by atoms with E-state index in [1.54, 1.807) is 0 Å². The number of hydrogen-bond donors (Lipinski definition) is 2. The molecule has 1 saturated carbocycles. The summed E-state index contributed by atoms with van der Waals surface area (Å²) in [6.07, 6.45) is 3.15. The number of Topliss-reactive ketones (excluding diaryl/α,β-unsaturated/α-hetero) is 1. The van der Waals surface area contributed by atoms with Crippen molar-refractivity contribution in [3.8, 4) is 0 Å². The molecule has 0 saturated heterocycles. The lowest BCUT2D eigenvalue weighted by Crippen LogP contribution is -2.20. The van der Waals surface area contributed by atoms with Gasteiger partial charge in [0.2, 0.25) is 0 Å². The minimum absolute atomic E-state index is 0.0674. The molecule has 0 atom stereocenters. The summed E-state index contributed by atoms with van der Waals surface area (Å²) in [7, 11) is 0. The number of aliphatic hydroxyl groups excluding tert-OH is 1. The summed E-state index contributed by atoms with van der Waals surface area (Å²) in [5, 5.41) is 17.1. The van der Waals surface area contributed by atoms with Crippen LogP contribution in [-0.4, -0.2) is 16.6 Å². The standard InChI is InChI=1S/C10H15NO2/c1-2-4-8(12)10-7(11)5-3-6-9(10)13/h11-12H,2-6H2,1H3/b10-8+,11-7?. The first-order chi connectivity index (χ1) is 6.16. The second-order valence-electron chi connectivity index (χ2n) is 3.33. The average molecular weight is 181 g/mol. The van der Waals surface area contributed by atoms with Crippen LogP contribution in [0.3, 0.4) is 0 Å².